The number of unbranched alkanes of at least 4 members (excludes halogenated alkanes) is 1. The molecule has 4 aliphatic rings. The van der Waals surface area contributed by atoms with Crippen molar-refractivity contribution in [2.75, 3.05) is 30.9 Å². The average Bonchev–Trinajstić information content (AvgIpc) is 4.08. The van der Waals surface area contributed by atoms with Crippen LogP contribution in [0.5, 0.6) is 0 Å². The Morgan fingerprint density at radius 3 is 1.96 bits per heavy atom. The molecule has 0 aliphatic carbocycles. The Hall–Kier alpha value is -3.78. The number of fused-ring (bicyclic) bond motifs is 2. The predicted octanol–water partition coefficient (Wildman–Crippen LogP) is 3.66. The van der Waals surface area contributed by atoms with E-state index in [9.17, 15) is 10.1 Å². The van der Waals surface area contributed by atoms with Crippen molar-refractivity contribution in [1.29, 1.82) is 0 Å². The molecule has 4 saturated heterocycles. The number of H-pyrrole nitrogens is 1. The summed E-state index contributed by atoms with van der Waals surface area (Å²) in [6.07, 6.45) is 1.67. The molecule has 4 fully saturated rings. The lowest BCUT2D eigenvalue weighted by molar-refractivity contribution is -0.157. The van der Waals surface area contributed by atoms with E-state index in [1.165, 1.54) is 0 Å². The Kier molecular flexibility index (Phi) is 9.88. The normalized spacial score (nSPS) is 23.6. The second kappa shape index (κ2) is 14.6. The molecule has 1 aromatic heterocycles. The summed E-state index contributed by atoms with van der Waals surface area (Å²) in [5.74, 6) is 0.00100. The third kappa shape index (κ3) is 7.25. The molecule has 52 heavy (non-hydrogen) atoms. The highest BCUT2D eigenvalue weighted by atomic mass is 16.8. The summed E-state index contributed by atoms with van der Waals surface area (Å²) in [5.41, 5.74) is 3.92. The first-order valence-corrected chi connectivity index (χ1v) is 18.7. The number of aliphatic hydroxyl groups is 1. The SMILES string of the molecule is CB(O)c1[nH]c(N(B2CO2)B2CO2)c2cc(CN3C(=O)N(CCCCO)[C@H](Cc4ccccc4)[C@@H]4OC(C)(C)O[C@H]4[C@H]3Cc3ccccc3)ccc12. The second-order valence-corrected chi connectivity index (χ2v) is 15.0. The van der Waals surface area contributed by atoms with Crippen molar-refractivity contribution in [3.8, 4) is 0 Å². The molecular formula is C38H47B3N4O7. The van der Waals surface area contributed by atoms with Gasteiger partial charge in [-0.05, 0) is 67.7 Å². The number of ether oxygens (including phenoxy) is 2. The number of rotatable bonds is 14. The maximum atomic E-state index is 15.3. The summed E-state index contributed by atoms with van der Waals surface area (Å²) in [6.45, 7) is 7.09. The third-order valence-electron chi connectivity index (χ3n) is 10.8. The fourth-order valence-corrected chi connectivity index (χ4v) is 8.21. The minimum absolute atomic E-state index is 0.0622. The standard InChI is InChI=1S/C38H47B3N4O7/c1-38(2)51-33-31(21-26-12-6-4-7-13-26)43(18-10-11-19-46)37(47)44(32(34(33)52-38)22-27-14-8-5-9-15-27)23-28-16-17-29-30(20-28)36(42-35(29)39(3)48)45(40-24-49-40)41-25-50-41/h4-9,12-17,20,31-34,42,46,48H,10-11,18-19,21-25H2,1-3H3/t31-,32-,33+,34+/m1/s1. The van der Waals surface area contributed by atoms with Crippen LogP contribution in [0.15, 0.2) is 78.9 Å². The number of amides is 2. The molecule has 3 N–H and O–H groups in total. The van der Waals surface area contributed by atoms with Crippen LogP contribution in [0.4, 0.5) is 10.6 Å². The maximum Gasteiger partial charge on any atom is 0.430 e. The van der Waals surface area contributed by atoms with E-state index in [-0.39, 0.29) is 44.9 Å². The number of nitrogens with one attached hydrogen (secondary N) is 1. The number of benzene rings is 3. The van der Waals surface area contributed by atoms with Crippen LogP contribution in [0, 0.1) is 0 Å². The molecule has 14 heteroatoms. The monoisotopic (exact) mass is 704 g/mol. The van der Waals surface area contributed by atoms with Gasteiger partial charge in [0.15, 0.2) is 5.79 Å². The summed E-state index contributed by atoms with van der Waals surface area (Å²) < 4.78 is 27.2. The maximum absolute atomic E-state index is 15.3. The van der Waals surface area contributed by atoms with E-state index in [1.54, 1.807) is 6.82 Å². The number of nitrogens with zero attached hydrogens (tertiary/aromatic N) is 3. The Labute approximate surface area is 306 Å². The lowest BCUT2D eigenvalue weighted by atomic mass is 9.67. The van der Waals surface area contributed by atoms with Crippen LogP contribution < -0.4 is 10.3 Å². The Morgan fingerprint density at radius 2 is 1.42 bits per heavy atom. The molecule has 0 saturated carbocycles. The molecule has 0 radical (unpaired) electrons. The fourth-order valence-electron chi connectivity index (χ4n) is 8.21. The summed E-state index contributed by atoms with van der Waals surface area (Å²) >= 11 is 0. The van der Waals surface area contributed by atoms with Crippen molar-refractivity contribution in [1.82, 2.24) is 14.8 Å². The van der Waals surface area contributed by atoms with E-state index >= 15 is 4.79 Å². The average molecular weight is 704 g/mol. The summed E-state index contributed by atoms with van der Waals surface area (Å²) in [4.78, 5) is 22.7. The highest BCUT2D eigenvalue weighted by Crippen LogP contribution is 2.41. The quantitative estimate of drug-likeness (QED) is 0.103. The number of hydrogen-bond acceptors (Lipinski definition) is 8. The number of urea groups is 1. The number of aromatic amines is 1. The van der Waals surface area contributed by atoms with Crippen LogP contribution in [0.2, 0.25) is 6.82 Å². The number of carbonyl (C=O) groups excluding carboxylic acids is 1. The van der Waals surface area contributed by atoms with E-state index < -0.39 is 18.8 Å². The van der Waals surface area contributed by atoms with Gasteiger partial charge < -0.3 is 48.4 Å². The highest BCUT2D eigenvalue weighted by molar-refractivity contribution is 6.84. The molecule has 4 atom stereocenters. The van der Waals surface area contributed by atoms with Crippen LogP contribution in [-0.2, 0) is 38.2 Å². The molecule has 11 nitrogen and oxygen atoms in total. The number of aliphatic hydroxyl groups excluding tert-OH is 1. The van der Waals surface area contributed by atoms with Gasteiger partial charge in [0.1, 0.15) is 12.2 Å². The Bertz CT molecular complexity index is 1850. The van der Waals surface area contributed by atoms with Crippen LogP contribution >= 0.6 is 0 Å². The third-order valence-corrected chi connectivity index (χ3v) is 10.8. The van der Waals surface area contributed by atoms with Crippen molar-refractivity contribution < 1.29 is 33.7 Å². The molecule has 5 heterocycles. The van der Waals surface area contributed by atoms with Crippen molar-refractivity contribution in [2.24, 2.45) is 0 Å². The van der Waals surface area contributed by atoms with E-state index in [0.29, 0.717) is 51.8 Å². The van der Waals surface area contributed by atoms with E-state index in [4.69, 9.17) is 18.8 Å². The Morgan fingerprint density at radius 1 is 0.846 bits per heavy atom. The van der Waals surface area contributed by atoms with Crippen molar-refractivity contribution in [3.63, 3.8) is 0 Å². The molecule has 270 valence electrons. The predicted molar refractivity (Wildman–Crippen MR) is 203 cm³/mol. The fraction of sp³-hybridized carbons (Fsp3) is 0.447. The smallest absolute Gasteiger partial charge is 0.430 e. The van der Waals surface area contributed by atoms with Gasteiger partial charge in [-0.15, -0.1) is 0 Å². The van der Waals surface area contributed by atoms with E-state index in [0.717, 1.165) is 38.9 Å². The van der Waals surface area contributed by atoms with Gasteiger partial charge in [0, 0.05) is 30.7 Å². The van der Waals surface area contributed by atoms with Gasteiger partial charge in [-0.1, -0.05) is 79.6 Å². The topological polar surface area (TPSA) is 127 Å². The molecule has 8 rings (SSSR count). The van der Waals surface area contributed by atoms with Gasteiger partial charge >= 0.3 is 27.0 Å². The summed E-state index contributed by atoms with van der Waals surface area (Å²) in [7, 11) is -0.174. The van der Waals surface area contributed by atoms with Crippen LogP contribution in [0.3, 0.4) is 0 Å². The molecule has 3 aromatic carbocycles. The molecule has 4 aliphatic heterocycles. The van der Waals surface area contributed by atoms with Gasteiger partial charge in [0.05, 0.1) is 30.9 Å². The van der Waals surface area contributed by atoms with Gasteiger partial charge in [-0.25, -0.2) is 4.79 Å². The second-order valence-electron chi connectivity index (χ2n) is 15.0. The zero-order valence-electron chi connectivity index (χ0n) is 30.2. The van der Waals surface area contributed by atoms with Gasteiger partial charge in [-0.2, -0.15) is 0 Å². The minimum atomic E-state index is -0.850. The van der Waals surface area contributed by atoms with Gasteiger partial charge in [0.25, 0.3) is 0 Å². The summed E-state index contributed by atoms with van der Waals surface area (Å²) in [5, 5.41) is 22.4. The largest absolute Gasteiger partial charge is 0.446 e. The lowest BCUT2D eigenvalue weighted by Gasteiger charge is -2.37. The van der Waals surface area contributed by atoms with Crippen LogP contribution in [0.1, 0.15) is 43.4 Å². The minimum Gasteiger partial charge on any atom is -0.446 e. The van der Waals surface area contributed by atoms with Gasteiger partial charge in [0.2, 0.25) is 0 Å². The van der Waals surface area contributed by atoms with Crippen LogP contribution in [0.25, 0.3) is 10.8 Å². The zero-order valence-corrected chi connectivity index (χ0v) is 30.2. The molecular weight excluding hydrogens is 657 g/mol. The van der Waals surface area contributed by atoms with Crippen molar-refractivity contribution >= 4 is 49.2 Å². The lowest BCUT2D eigenvalue weighted by Crippen LogP contribution is -2.52. The van der Waals surface area contributed by atoms with E-state index in [1.807, 2.05) is 66.1 Å². The van der Waals surface area contributed by atoms with Crippen LogP contribution in [-0.4, -0.2) is 108 Å². The van der Waals surface area contributed by atoms with Crippen molar-refractivity contribution in [3.05, 3.63) is 95.6 Å². The molecule has 0 bridgehead atoms. The molecule has 0 unspecified atom stereocenters. The zero-order chi connectivity index (χ0) is 36.0. The first-order valence-electron chi connectivity index (χ1n) is 18.7. The highest BCUT2D eigenvalue weighted by Gasteiger charge is 2.55. The number of hydrogen-bond donors (Lipinski definition) is 3. The number of anilines is 1. The van der Waals surface area contributed by atoms with Gasteiger partial charge in [-0.3, -0.25) is 0 Å². The van der Waals surface area contributed by atoms with E-state index in [2.05, 4.69) is 46.1 Å². The first-order chi connectivity index (χ1) is 25.2. The summed E-state index contributed by atoms with van der Waals surface area (Å²) in [6, 6.07) is 26.1. The number of carbonyl (C=O) groups is 1. The van der Waals surface area contributed by atoms with Crippen molar-refractivity contribution in [2.45, 2.75) is 83.0 Å². The molecule has 0 spiro atoms. The Balaban J connectivity index is 1.23. The molecule has 4 aromatic rings. The first kappa shape index (κ1) is 35.3. The molecule has 2 amide bonds. The number of aromatic nitrogens is 1.